The van der Waals surface area contributed by atoms with Crippen molar-refractivity contribution in [3.05, 3.63) is 28.2 Å². The van der Waals surface area contributed by atoms with Crippen molar-refractivity contribution < 1.29 is 9.53 Å². The molecule has 1 aliphatic heterocycles. The number of rotatable bonds is 4. The van der Waals surface area contributed by atoms with Crippen LogP contribution >= 0.6 is 23.2 Å². The summed E-state index contributed by atoms with van der Waals surface area (Å²) in [4.78, 5) is 13.4. The van der Waals surface area contributed by atoms with E-state index in [1.54, 1.807) is 25.2 Å². The van der Waals surface area contributed by atoms with E-state index in [0.29, 0.717) is 22.3 Å². The van der Waals surface area contributed by atoms with E-state index in [-0.39, 0.29) is 12.0 Å². The van der Waals surface area contributed by atoms with Crippen LogP contribution in [-0.4, -0.2) is 43.6 Å². The van der Waals surface area contributed by atoms with Crippen LogP contribution in [0.15, 0.2) is 18.2 Å². The number of ether oxygens (including phenoxy) is 1. The van der Waals surface area contributed by atoms with Crippen molar-refractivity contribution in [3.63, 3.8) is 0 Å². The molecule has 1 fully saturated rings. The third-order valence-electron chi connectivity index (χ3n) is 3.07. The Labute approximate surface area is 122 Å². The van der Waals surface area contributed by atoms with Crippen molar-refractivity contribution in [2.45, 2.75) is 12.5 Å². The molecule has 4 nitrogen and oxygen atoms in total. The van der Waals surface area contributed by atoms with Gasteiger partial charge in [-0.15, -0.1) is 0 Å². The first kappa shape index (κ1) is 14.4. The van der Waals surface area contributed by atoms with Gasteiger partial charge in [-0.3, -0.25) is 9.69 Å². The molecule has 104 valence electrons. The van der Waals surface area contributed by atoms with Crippen molar-refractivity contribution in [2.75, 3.05) is 26.7 Å². The molecule has 0 bridgehead atoms. The first-order valence-corrected chi connectivity index (χ1v) is 6.88. The molecule has 1 heterocycles. The molecule has 1 atom stereocenters. The van der Waals surface area contributed by atoms with Crippen LogP contribution in [0, 0.1) is 0 Å². The van der Waals surface area contributed by atoms with E-state index in [9.17, 15) is 4.79 Å². The van der Waals surface area contributed by atoms with E-state index in [4.69, 9.17) is 27.9 Å². The summed E-state index contributed by atoms with van der Waals surface area (Å²) in [5.41, 5.74) is 0. The third-order valence-corrected chi connectivity index (χ3v) is 3.81. The molecule has 1 unspecified atom stereocenters. The second-order valence-corrected chi connectivity index (χ2v) is 5.33. The maximum atomic E-state index is 11.3. The van der Waals surface area contributed by atoms with Gasteiger partial charge in [0.25, 0.3) is 0 Å². The molecule has 1 amide bonds. The van der Waals surface area contributed by atoms with Crippen molar-refractivity contribution in [1.82, 2.24) is 10.2 Å². The summed E-state index contributed by atoms with van der Waals surface area (Å²) in [6, 6.07) is 5.23. The van der Waals surface area contributed by atoms with Crippen LogP contribution in [0.4, 0.5) is 0 Å². The summed E-state index contributed by atoms with van der Waals surface area (Å²) < 4.78 is 5.84. The minimum Gasteiger partial charge on any atom is -0.489 e. The van der Waals surface area contributed by atoms with Gasteiger partial charge in [-0.1, -0.05) is 23.2 Å². The quantitative estimate of drug-likeness (QED) is 0.927. The largest absolute Gasteiger partial charge is 0.489 e. The lowest BCUT2D eigenvalue weighted by atomic mass is 10.3. The second-order valence-electron chi connectivity index (χ2n) is 4.51. The zero-order chi connectivity index (χ0) is 13.8. The number of likely N-dealkylation sites (N-methyl/N-ethyl adjacent to an activating group) is 1. The van der Waals surface area contributed by atoms with Crippen LogP contribution in [0.3, 0.4) is 0 Å². The summed E-state index contributed by atoms with van der Waals surface area (Å²) in [7, 11) is 1.64. The lowest BCUT2D eigenvalue weighted by Gasteiger charge is -2.16. The number of likely N-dealkylation sites (tertiary alicyclic amines) is 1. The average Bonchev–Trinajstić information content (AvgIpc) is 2.81. The van der Waals surface area contributed by atoms with Gasteiger partial charge in [-0.2, -0.15) is 0 Å². The highest BCUT2D eigenvalue weighted by Crippen LogP contribution is 2.27. The van der Waals surface area contributed by atoms with Gasteiger partial charge in [0, 0.05) is 26.2 Å². The van der Waals surface area contributed by atoms with Gasteiger partial charge in [0.1, 0.15) is 11.9 Å². The number of hydrogen-bond acceptors (Lipinski definition) is 3. The maximum absolute atomic E-state index is 11.3. The first-order valence-electron chi connectivity index (χ1n) is 6.13. The summed E-state index contributed by atoms with van der Waals surface area (Å²) in [6.07, 6.45) is 0.985. The molecular formula is C13H16Cl2N2O2. The van der Waals surface area contributed by atoms with Gasteiger partial charge >= 0.3 is 0 Å². The van der Waals surface area contributed by atoms with Gasteiger partial charge in [-0.25, -0.2) is 0 Å². The fourth-order valence-corrected chi connectivity index (χ4v) is 2.35. The highest BCUT2D eigenvalue weighted by atomic mass is 35.5. The average molecular weight is 303 g/mol. The molecule has 0 radical (unpaired) electrons. The van der Waals surface area contributed by atoms with Crippen molar-refractivity contribution in [1.29, 1.82) is 0 Å². The lowest BCUT2D eigenvalue weighted by Crippen LogP contribution is -2.35. The number of carbonyl (C=O) groups excluding carboxylic acids is 1. The molecule has 1 aromatic carbocycles. The van der Waals surface area contributed by atoms with E-state index < -0.39 is 0 Å². The Hall–Kier alpha value is -0.970. The smallest absolute Gasteiger partial charge is 0.233 e. The molecular weight excluding hydrogens is 287 g/mol. The molecule has 1 aliphatic rings. The number of nitrogens with zero attached hydrogens (tertiary/aromatic N) is 1. The molecule has 1 N–H and O–H groups in total. The maximum Gasteiger partial charge on any atom is 0.233 e. The first-order chi connectivity index (χ1) is 9.08. The van der Waals surface area contributed by atoms with Crippen LogP contribution in [-0.2, 0) is 4.79 Å². The van der Waals surface area contributed by atoms with Crippen molar-refractivity contribution in [2.24, 2.45) is 0 Å². The monoisotopic (exact) mass is 302 g/mol. The normalized spacial score (nSPS) is 19.4. The third kappa shape index (κ3) is 4.00. The Morgan fingerprint density at radius 2 is 2.26 bits per heavy atom. The van der Waals surface area contributed by atoms with E-state index in [0.717, 1.165) is 19.5 Å². The molecule has 19 heavy (non-hydrogen) atoms. The predicted molar refractivity (Wildman–Crippen MR) is 76.0 cm³/mol. The molecule has 0 aromatic heterocycles. The Bertz CT molecular complexity index is 468. The van der Waals surface area contributed by atoms with Crippen LogP contribution in [0.5, 0.6) is 5.75 Å². The summed E-state index contributed by atoms with van der Waals surface area (Å²) in [5, 5.41) is 3.62. The highest BCUT2D eigenvalue weighted by molar-refractivity contribution is 6.42. The van der Waals surface area contributed by atoms with Crippen molar-refractivity contribution in [3.8, 4) is 5.75 Å². The van der Waals surface area contributed by atoms with Crippen LogP contribution in [0.2, 0.25) is 10.0 Å². The number of nitrogens with one attached hydrogen (secondary N) is 1. The van der Waals surface area contributed by atoms with Gasteiger partial charge < -0.3 is 10.1 Å². The molecule has 0 spiro atoms. The molecule has 2 rings (SSSR count). The van der Waals surface area contributed by atoms with Gasteiger partial charge in [0.05, 0.1) is 16.6 Å². The zero-order valence-corrected chi connectivity index (χ0v) is 12.2. The number of halogens is 2. The standard InChI is InChI=1S/C13H16Cl2N2O2/c1-16-13(18)8-17-5-4-10(7-17)19-9-2-3-11(14)12(15)6-9/h2-3,6,10H,4-5,7-8H2,1H3,(H,16,18). The number of carbonyl (C=O) groups is 1. The van der Waals surface area contributed by atoms with E-state index >= 15 is 0 Å². The second kappa shape index (κ2) is 6.46. The van der Waals surface area contributed by atoms with Gasteiger partial charge in [0.15, 0.2) is 0 Å². The molecule has 0 saturated carbocycles. The minimum atomic E-state index is 0.0233. The Morgan fingerprint density at radius 3 is 2.95 bits per heavy atom. The predicted octanol–water partition coefficient (Wildman–Crippen LogP) is 2.19. The SMILES string of the molecule is CNC(=O)CN1CCC(Oc2ccc(Cl)c(Cl)c2)C1. The van der Waals surface area contributed by atoms with Crippen LogP contribution < -0.4 is 10.1 Å². The lowest BCUT2D eigenvalue weighted by molar-refractivity contribution is -0.121. The highest BCUT2D eigenvalue weighted by Gasteiger charge is 2.25. The van der Waals surface area contributed by atoms with E-state index in [1.165, 1.54) is 0 Å². The van der Waals surface area contributed by atoms with Crippen molar-refractivity contribution >= 4 is 29.1 Å². The Balaban J connectivity index is 1.87. The topological polar surface area (TPSA) is 41.6 Å². The molecule has 0 aliphatic carbocycles. The van der Waals surface area contributed by atoms with Gasteiger partial charge in [-0.05, 0) is 18.6 Å². The summed E-state index contributed by atoms with van der Waals surface area (Å²) in [5.74, 6) is 0.733. The molecule has 6 heteroatoms. The van der Waals surface area contributed by atoms with E-state index in [1.807, 2.05) is 0 Å². The Morgan fingerprint density at radius 1 is 1.47 bits per heavy atom. The molecule has 1 saturated heterocycles. The number of amides is 1. The van der Waals surface area contributed by atoms with E-state index in [2.05, 4.69) is 10.2 Å². The summed E-state index contributed by atoms with van der Waals surface area (Å²) in [6.45, 7) is 2.02. The molecule has 1 aromatic rings. The minimum absolute atomic E-state index is 0.0233. The number of hydrogen-bond donors (Lipinski definition) is 1. The fraction of sp³-hybridized carbons (Fsp3) is 0.462. The summed E-state index contributed by atoms with van der Waals surface area (Å²) >= 11 is 11.8. The Kier molecular flexibility index (Phi) is 4.91. The number of benzene rings is 1. The van der Waals surface area contributed by atoms with Crippen LogP contribution in [0.25, 0.3) is 0 Å². The van der Waals surface area contributed by atoms with Gasteiger partial charge in [0.2, 0.25) is 5.91 Å². The fourth-order valence-electron chi connectivity index (χ4n) is 2.06. The zero-order valence-electron chi connectivity index (χ0n) is 10.7. The van der Waals surface area contributed by atoms with Crippen LogP contribution in [0.1, 0.15) is 6.42 Å².